The molecule has 1 aromatic rings. The van der Waals surface area contributed by atoms with Crippen LogP contribution in [0.2, 0.25) is 0 Å². The van der Waals surface area contributed by atoms with E-state index in [4.69, 9.17) is 10.5 Å². The molecule has 0 radical (unpaired) electrons. The lowest BCUT2D eigenvalue weighted by atomic mass is 10.0. The Hall–Kier alpha value is -1.03. The first kappa shape index (κ1) is 11.5. The smallest absolute Gasteiger partial charge is 0.215 e. The third-order valence-electron chi connectivity index (χ3n) is 4.02. The summed E-state index contributed by atoms with van der Waals surface area (Å²) < 4.78 is 7.26. The molecule has 2 atom stereocenters. The fourth-order valence-corrected chi connectivity index (χ4v) is 3.01. The zero-order valence-corrected chi connectivity index (χ0v) is 10.7. The molecule has 16 heavy (non-hydrogen) atoms. The SMILES string of the molecule is COc1c([C@H]2[C@H](CN)C2(C)C)c(C)nn1C. The fourth-order valence-electron chi connectivity index (χ4n) is 3.01. The van der Waals surface area contributed by atoms with Crippen molar-refractivity contribution in [1.29, 1.82) is 0 Å². The van der Waals surface area contributed by atoms with Gasteiger partial charge >= 0.3 is 0 Å². The molecule has 1 heterocycles. The minimum absolute atomic E-state index is 0.274. The van der Waals surface area contributed by atoms with Crippen molar-refractivity contribution in [2.24, 2.45) is 24.1 Å². The highest BCUT2D eigenvalue weighted by atomic mass is 16.5. The summed E-state index contributed by atoms with van der Waals surface area (Å²) in [5, 5.41) is 4.43. The number of methoxy groups -OCH3 is 1. The van der Waals surface area contributed by atoms with Gasteiger partial charge in [0.05, 0.1) is 12.8 Å². The standard InChI is InChI=1S/C12H21N3O/c1-7-9(11(16-5)15(4)14-7)10-8(6-13)12(10,2)3/h8,10H,6,13H2,1-5H3/t8-,10+/m0/s1. The predicted molar refractivity (Wildman–Crippen MR) is 63.6 cm³/mol. The first-order valence-corrected chi connectivity index (χ1v) is 5.72. The van der Waals surface area contributed by atoms with Crippen molar-refractivity contribution in [3.05, 3.63) is 11.3 Å². The van der Waals surface area contributed by atoms with E-state index >= 15 is 0 Å². The summed E-state index contributed by atoms with van der Waals surface area (Å²) in [7, 11) is 3.62. The molecule has 0 saturated heterocycles. The van der Waals surface area contributed by atoms with Crippen LogP contribution in [-0.2, 0) is 7.05 Å². The summed E-state index contributed by atoms with van der Waals surface area (Å²) in [4.78, 5) is 0. The number of hydrogen-bond acceptors (Lipinski definition) is 3. The quantitative estimate of drug-likeness (QED) is 0.843. The highest BCUT2D eigenvalue weighted by Gasteiger charge is 2.59. The Morgan fingerprint density at radius 3 is 2.56 bits per heavy atom. The zero-order chi connectivity index (χ0) is 12.1. The largest absolute Gasteiger partial charge is 0.481 e. The lowest BCUT2D eigenvalue weighted by Gasteiger charge is -2.06. The summed E-state index contributed by atoms with van der Waals surface area (Å²) in [5.41, 5.74) is 8.40. The second-order valence-corrected chi connectivity index (χ2v) is 5.27. The van der Waals surface area contributed by atoms with Crippen LogP contribution in [0, 0.1) is 18.3 Å². The van der Waals surface area contributed by atoms with Gasteiger partial charge in [-0.25, -0.2) is 4.68 Å². The third kappa shape index (κ3) is 1.36. The summed E-state index contributed by atoms with van der Waals surface area (Å²) >= 11 is 0. The number of hydrogen-bond donors (Lipinski definition) is 1. The van der Waals surface area contributed by atoms with Crippen LogP contribution in [0.4, 0.5) is 0 Å². The topological polar surface area (TPSA) is 53.1 Å². The van der Waals surface area contributed by atoms with E-state index in [1.54, 1.807) is 7.11 Å². The Bertz CT molecular complexity index is 409. The minimum atomic E-state index is 0.274. The highest BCUT2D eigenvalue weighted by Crippen LogP contribution is 2.65. The Morgan fingerprint density at radius 1 is 1.50 bits per heavy atom. The molecular formula is C12H21N3O. The first-order valence-electron chi connectivity index (χ1n) is 5.72. The summed E-state index contributed by atoms with van der Waals surface area (Å²) in [6, 6.07) is 0. The van der Waals surface area contributed by atoms with Crippen LogP contribution in [0.5, 0.6) is 5.88 Å². The van der Waals surface area contributed by atoms with Gasteiger partial charge in [-0.05, 0) is 24.8 Å². The average molecular weight is 223 g/mol. The van der Waals surface area contributed by atoms with E-state index in [2.05, 4.69) is 18.9 Å². The van der Waals surface area contributed by atoms with E-state index < -0.39 is 0 Å². The van der Waals surface area contributed by atoms with Crippen molar-refractivity contribution in [2.45, 2.75) is 26.7 Å². The summed E-state index contributed by atoms with van der Waals surface area (Å²) in [6.45, 7) is 7.30. The van der Waals surface area contributed by atoms with Gasteiger partial charge in [-0.15, -0.1) is 0 Å². The molecule has 1 saturated carbocycles. The van der Waals surface area contributed by atoms with Crippen LogP contribution in [-0.4, -0.2) is 23.4 Å². The monoisotopic (exact) mass is 223 g/mol. The van der Waals surface area contributed by atoms with Crippen molar-refractivity contribution < 1.29 is 4.74 Å². The van der Waals surface area contributed by atoms with E-state index in [9.17, 15) is 0 Å². The number of aromatic nitrogens is 2. The maximum absolute atomic E-state index is 5.82. The molecule has 2 rings (SSSR count). The van der Waals surface area contributed by atoms with Crippen molar-refractivity contribution in [3.8, 4) is 5.88 Å². The maximum atomic E-state index is 5.82. The fraction of sp³-hybridized carbons (Fsp3) is 0.750. The van der Waals surface area contributed by atoms with Gasteiger partial charge in [-0.2, -0.15) is 5.10 Å². The first-order chi connectivity index (χ1) is 7.45. The van der Waals surface area contributed by atoms with Gasteiger partial charge in [0, 0.05) is 18.5 Å². The number of rotatable bonds is 3. The molecule has 0 spiro atoms. The second-order valence-electron chi connectivity index (χ2n) is 5.27. The van der Waals surface area contributed by atoms with Gasteiger partial charge in [0.1, 0.15) is 0 Å². The molecule has 1 fully saturated rings. The molecule has 0 bridgehead atoms. The van der Waals surface area contributed by atoms with Crippen molar-refractivity contribution in [2.75, 3.05) is 13.7 Å². The van der Waals surface area contributed by atoms with Crippen LogP contribution < -0.4 is 10.5 Å². The number of aryl methyl sites for hydroxylation is 2. The molecule has 1 aromatic heterocycles. The van der Waals surface area contributed by atoms with Crippen LogP contribution in [0.25, 0.3) is 0 Å². The van der Waals surface area contributed by atoms with E-state index in [1.807, 2.05) is 18.7 Å². The summed E-state index contributed by atoms with van der Waals surface area (Å²) in [6.07, 6.45) is 0. The van der Waals surface area contributed by atoms with Gasteiger partial charge in [-0.1, -0.05) is 13.8 Å². The normalized spacial score (nSPS) is 26.9. The minimum Gasteiger partial charge on any atom is -0.481 e. The molecular weight excluding hydrogens is 202 g/mol. The lowest BCUT2D eigenvalue weighted by molar-refractivity contribution is 0.368. The molecule has 4 nitrogen and oxygen atoms in total. The Balaban J connectivity index is 2.42. The van der Waals surface area contributed by atoms with E-state index in [-0.39, 0.29) is 5.41 Å². The highest BCUT2D eigenvalue weighted by molar-refractivity contribution is 5.42. The molecule has 2 N–H and O–H groups in total. The van der Waals surface area contributed by atoms with Crippen LogP contribution >= 0.6 is 0 Å². The molecule has 4 heteroatoms. The Kier molecular flexibility index (Phi) is 2.49. The van der Waals surface area contributed by atoms with Crippen LogP contribution in [0.15, 0.2) is 0 Å². The van der Waals surface area contributed by atoms with E-state index in [1.165, 1.54) is 5.56 Å². The Morgan fingerprint density at radius 2 is 2.12 bits per heavy atom. The Labute approximate surface area is 96.8 Å². The third-order valence-corrected chi connectivity index (χ3v) is 4.02. The second kappa shape index (κ2) is 3.48. The van der Waals surface area contributed by atoms with E-state index in [0.29, 0.717) is 11.8 Å². The van der Waals surface area contributed by atoms with Crippen molar-refractivity contribution in [3.63, 3.8) is 0 Å². The number of ether oxygens (including phenoxy) is 1. The van der Waals surface area contributed by atoms with Crippen LogP contribution in [0.1, 0.15) is 31.0 Å². The molecule has 0 aliphatic heterocycles. The molecule has 0 aromatic carbocycles. The van der Waals surface area contributed by atoms with Gasteiger partial charge in [0.25, 0.3) is 0 Å². The summed E-state index contributed by atoms with van der Waals surface area (Å²) in [5.74, 6) is 1.91. The average Bonchev–Trinajstić information content (AvgIpc) is 2.61. The van der Waals surface area contributed by atoms with Crippen LogP contribution in [0.3, 0.4) is 0 Å². The molecule has 1 aliphatic carbocycles. The number of nitrogens with zero attached hydrogens (tertiary/aromatic N) is 2. The van der Waals surface area contributed by atoms with Crippen molar-refractivity contribution >= 4 is 0 Å². The van der Waals surface area contributed by atoms with Gasteiger partial charge in [-0.3, -0.25) is 0 Å². The van der Waals surface area contributed by atoms with E-state index in [0.717, 1.165) is 18.1 Å². The molecule has 90 valence electrons. The predicted octanol–water partition coefficient (Wildman–Crippen LogP) is 1.44. The lowest BCUT2D eigenvalue weighted by Crippen LogP contribution is -2.05. The van der Waals surface area contributed by atoms with Crippen molar-refractivity contribution in [1.82, 2.24) is 9.78 Å². The maximum Gasteiger partial charge on any atom is 0.215 e. The molecule has 1 aliphatic rings. The zero-order valence-electron chi connectivity index (χ0n) is 10.7. The molecule has 0 unspecified atom stereocenters. The molecule has 0 amide bonds. The van der Waals surface area contributed by atoms with Gasteiger partial charge in [0.2, 0.25) is 5.88 Å². The number of nitrogens with two attached hydrogens (primary N) is 1. The van der Waals surface area contributed by atoms with Gasteiger partial charge in [0.15, 0.2) is 0 Å². The van der Waals surface area contributed by atoms with Gasteiger partial charge < -0.3 is 10.5 Å².